The molecule has 0 fully saturated rings. The molecule has 0 saturated heterocycles. The normalized spacial score (nSPS) is 11.1. The van der Waals surface area contributed by atoms with Gasteiger partial charge in [0.2, 0.25) is 10.0 Å². The fourth-order valence-corrected chi connectivity index (χ4v) is 3.30. The smallest absolute Gasteiger partial charge is 0.251 e. The van der Waals surface area contributed by atoms with Gasteiger partial charge < -0.3 is 5.32 Å². The second-order valence-corrected chi connectivity index (χ2v) is 7.75. The summed E-state index contributed by atoms with van der Waals surface area (Å²) >= 11 is 0. The van der Waals surface area contributed by atoms with Gasteiger partial charge in [-0.1, -0.05) is 60.7 Å². The van der Waals surface area contributed by atoms with E-state index in [0.717, 1.165) is 16.7 Å². The lowest BCUT2D eigenvalue weighted by molar-refractivity contribution is 0.0950. The van der Waals surface area contributed by atoms with E-state index in [2.05, 4.69) is 5.32 Å². The molecule has 0 heterocycles. The highest BCUT2D eigenvalue weighted by molar-refractivity contribution is 7.89. The van der Waals surface area contributed by atoms with Crippen molar-refractivity contribution in [3.8, 4) is 0 Å². The largest absolute Gasteiger partial charge is 0.348 e. The summed E-state index contributed by atoms with van der Waals surface area (Å²) in [5, 5.41) is 7.97. The van der Waals surface area contributed by atoms with Crippen LogP contribution in [0.3, 0.4) is 0 Å². The van der Waals surface area contributed by atoms with Crippen molar-refractivity contribution >= 4 is 15.9 Å². The Kier molecular flexibility index (Phi) is 5.69. The van der Waals surface area contributed by atoms with Crippen LogP contribution in [-0.2, 0) is 23.0 Å². The number of rotatable bonds is 6. The molecule has 27 heavy (non-hydrogen) atoms. The second kappa shape index (κ2) is 8.16. The van der Waals surface area contributed by atoms with Gasteiger partial charge in [0, 0.05) is 12.1 Å². The van der Waals surface area contributed by atoms with Crippen LogP contribution in [0.2, 0.25) is 0 Å². The van der Waals surface area contributed by atoms with E-state index >= 15 is 0 Å². The number of sulfonamides is 1. The Balaban J connectivity index is 1.70. The highest BCUT2D eigenvalue weighted by Crippen LogP contribution is 2.15. The van der Waals surface area contributed by atoms with Gasteiger partial charge in [-0.15, -0.1) is 0 Å². The Morgan fingerprint density at radius 1 is 0.815 bits per heavy atom. The van der Waals surface area contributed by atoms with Crippen LogP contribution in [0.15, 0.2) is 83.8 Å². The summed E-state index contributed by atoms with van der Waals surface area (Å²) in [6.45, 7) is 0.295. The summed E-state index contributed by atoms with van der Waals surface area (Å²) in [6.07, 6.45) is 0.674. The van der Waals surface area contributed by atoms with Crippen LogP contribution in [0.25, 0.3) is 0 Å². The number of carbonyl (C=O) groups excluding carboxylic acids is 1. The van der Waals surface area contributed by atoms with Crippen LogP contribution in [0, 0.1) is 0 Å². The topological polar surface area (TPSA) is 89.3 Å². The molecule has 0 bridgehead atoms. The van der Waals surface area contributed by atoms with Gasteiger partial charge in [0.25, 0.3) is 5.91 Å². The van der Waals surface area contributed by atoms with Gasteiger partial charge in [-0.3, -0.25) is 4.79 Å². The van der Waals surface area contributed by atoms with Crippen LogP contribution in [0.4, 0.5) is 0 Å². The quantitative estimate of drug-likeness (QED) is 0.689. The molecular weight excluding hydrogens is 360 g/mol. The molecule has 0 atom stereocenters. The van der Waals surface area contributed by atoms with Crippen molar-refractivity contribution in [2.45, 2.75) is 17.9 Å². The van der Waals surface area contributed by atoms with Crippen molar-refractivity contribution in [3.63, 3.8) is 0 Å². The molecule has 3 aromatic carbocycles. The lowest BCUT2D eigenvalue weighted by atomic mass is 9.99. The number of amides is 1. The van der Waals surface area contributed by atoms with E-state index in [1.807, 2.05) is 48.5 Å². The summed E-state index contributed by atoms with van der Waals surface area (Å²) in [5.74, 6) is -0.169. The SMILES string of the molecule is NS(=O)(=O)c1ccc(CNC(=O)c2ccccc2Cc2ccccc2)cc1. The van der Waals surface area contributed by atoms with Gasteiger partial charge in [-0.2, -0.15) is 0 Å². The first-order valence-corrected chi connectivity index (χ1v) is 10.00. The fourth-order valence-electron chi connectivity index (χ4n) is 2.79. The van der Waals surface area contributed by atoms with E-state index in [0.29, 0.717) is 18.5 Å². The van der Waals surface area contributed by atoms with E-state index in [1.165, 1.54) is 12.1 Å². The van der Waals surface area contributed by atoms with Crippen molar-refractivity contribution in [2.24, 2.45) is 5.14 Å². The molecule has 0 spiro atoms. The maximum absolute atomic E-state index is 12.6. The molecule has 3 aromatic rings. The number of hydrogen-bond donors (Lipinski definition) is 2. The predicted octanol–water partition coefficient (Wildman–Crippen LogP) is 2.85. The molecule has 1 amide bonds. The summed E-state index contributed by atoms with van der Waals surface area (Å²) in [6, 6.07) is 23.6. The summed E-state index contributed by atoms with van der Waals surface area (Å²) in [7, 11) is -3.72. The molecule has 5 nitrogen and oxygen atoms in total. The molecule has 6 heteroatoms. The van der Waals surface area contributed by atoms with Crippen LogP contribution < -0.4 is 10.5 Å². The van der Waals surface area contributed by atoms with Crippen molar-refractivity contribution in [3.05, 3.63) is 101 Å². The van der Waals surface area contributed by atoms with Crippen molar-refractivity contribution in [1.82, 2.24) is 5.32 Å². The second-order valence-electron chi connectivity index (χ2n) is 6.19. The number of benzene rings is 3. The van der Waals surface area contributed by atoms with Crippen molar-refractivity contribution < 1.29 is 13.2 Å². The third-order valence-electron chi connectivity index (χ3n) is 4.20. The first kappa shape index (κ1) is 18.8. The Bertz CT molecular complexity index is 1030. The number of carbonyl (C=O) groups is 1. The maximum atomic E-state index is 12.6. The maximum Gasteiger partial charge on any atom is 0.251 e. The zero-order valence-corrected chi connectivity index (χ0v) is 15.4. The summed E-state index contributed by atoms with van der Waals surface area (Å²) in [5.41, 5.74) is 3.50. The van der Waals surface area contributed by atoms with Gasteiger partial charge in [-0.25, -0.2) is 13.6 Å². The van der Waals surface area contributed by atoms with Gasteiger partial charge in [0.15, 0.2) is 0 Å². The molecule has 0 unspecified atom stereocenters. The monoisotopic (exact) mass is 380 g/mol. The van der Waals surface area contributed by atoms with Gasteiger partial charge in [0.05, 0.1) is 4.90 Å². The van der Waals surface area contributed by atoms with E-state index in [9.17, 15) is 13.2 Å². The standard InChI is InChI=1S/C21H20N2O3S/c22-27(25,26)19-12-10-17(11-13-19)15-23-21(24)20-9-5-4-8-18(20)14-16-6-2-1-3-7-16/h1-13H,14-15H2,(H,23,24)(H2,22,25,26). The third kappa shape index (κ3) is 5.03. The molecule has 0 aromatic heterocycles. The number of hydrogen-bond acceptors (Lipinski definition) is 3. The molecule has 0 radical (unpaired) electrons. The molecule has 138 valence electrons. The molecular formula is C21H20N2O3S. The molecule has 0 aliphatic rings. The zero-order chi connectivity index (χ0) is 19.3. The molecule has 3 N–H and O–H groups in total. The first-order valence-electron chi connectivity index (χ1n) is 8.45. The van der Waals surface area contributed by atoms with Crippen LogP contribution in [0.1, 0.15) is 27.0 Å². The van der Waals surface area contributed by atoms with Crippen LogP contribution in [0.5, 0.6) is 0 Å². The highest BCUT2D eigenvalue weighted by Gasteiger charge is 2.12. The van der Waals surface area contributed by atoms with Crippen LogP contribution in [-0.4, -0.2) is 14.3 Å². The lowest BCUT2D eigenvalue weighted by Crippen LogP contribution is -2.24. The molecule has 3 rings (SSSR count). The van der Waals surface area contributed by atoms with Gasteiger partial charge in [0.1, 0.15) is 0 Å². The highest BCUT2D eigenvalue weighted by atomic mass is 32.2. The Hall–Kier alpha value is -2.96. The fraction of sp³-hybridized carbons (Fsp3) is 0.0952. The number of primary sulfonamides is 1. The minimum absolute atomic E-state index is 0.0470. The minimum Gasteiger partial charge on any atom is -0.348 e. The number of nitrogens with one attached hydrogen (secondary N) is 1. The zero-order valence-electron chi connectivity index (χ0n) is 14.6. The average Bonchev–Trinajstić information content (AvgIpc) is 2.67. The average molecular weight is 380 g/mol. The predicted molar refractivity (Wildman–Crippen MR) is 105 cm³/mol. The minimum atomic E-state index is -3.72. The van der Waals surface area contributed by atoms with Crippen molar-refractivity contribution in [1.29, 1.82) is 0 Å². The van der Waals surface area contributed by atoms with Crippen molar-refractivity contribution in [2.75, 3.05) is 0 Å². The molecule has 0 aliphatic carbocycles. The van der Waals surface area contributed by atoms with E-state index in [-0.39, 0.29) is 10.8 Å². The third-order valence-corrected chi connectivity index (χ3v) is 5.13. The Morgan fingerprint density at radius 3 is 2.11 bits per heavy atom. The van der Waals surface area contributed by atoms with E-state index < -0.39 is 10.0 Å². The van der Waals surface area contributed by atoms with Gasteiger partial charge in [-0.05, 0) is 41.3 Å². The lowest BCUT2D eigenvalue weighted by Gasteiger charge is -2.11. The van der Waals surface area contributed by atoms with Gasteiger partial charge >= 0.3 is 0 Å². The Labute approximate surface area is 158 Å². The van der Waals surface area contributed by atoms with E-state index in [4.69, 9.17) is 5.14 Å². The van der Waals surface area contributed by atoms with E-state index in [1.54, 1.807) is 18.2 Å². The number of nitrogens with two attached hydrogens (primary N) is 1. The molecule has 0 aliphatic heterocycles. The summed E-state index contributed by atoms with van der Waals surface area (Å²) in [4.78, 5) is 12.7. The summed E-state index contributed by atoms with van der Waals surface area (Å²) < 4.78 is 22.6. The Morgan fingerprint density at radius 2 is 1.44 bits per heavy atom. The van der Waals surface area contributed by atoms with Crippen LogP contribution >= 0.6 is 0 Å². The first-order chi connectivity index (χ1) is 12.9. The molecule has 0 saturated carbocycles.